The molecule has 0 aromatic heterocycles. The van der Waals surface area contributed by atoms with Crippen LogP contribution in [0, 0.1) is 0 Å². The minimum Gasteiger partial charge on any atom is -0.480 e. The Bertz CT molecular complexity index is 1330. The molecule has 2 N–H and O–H groups in total. The molecule has 1 aliphatic heterocycles. The average molecular weight is 452 g/mol. The van der Waals surface area contributed by atoms with Crippen LogP contribution in [-0.2, 0) is 9.53 Å². The number of carboxylic acid groups (broad SMARTS) is 1. The van der Waals surface area contributed by atoms with Crippen molar-refractivity contribution in [2.75, 3.05) is 6.61 Å². The lowest BCUT2D eigenvalue weighted by Crippen LogP contribution is -2.42. The van der Waals surface area contributed by atoms with Crippen molar-refractivity contribution in [2.45, 2.75) is 18.4 Å². The van der Waals surface area contributed by atoms with Crippen LogP contribution < -0.4 is 5.32 Å². The van der Waals surface area contributed by atoms with E-state index in [4.69, 9.17) is 10.3 Å². The molecule has 3 aliphatic rings. The number of carbonyl (C=O) groups is 2. The zero-order chi connectivity index (χ0) is 23.7. The molecule has 1 heterocycles. The molecule has 0 spiro atoms. The Hall–Kier alpha value is -4.55. The van der Waals surface area contributed by atoms with Crippen LogP contribution in [0.15, 0.2) is 89.1 Å². The standard InChI is InChI=1S/C26H20N4O4/c27-30-22-11-5-10-16-15(13-28-24(16)22)12-23(25(31)32)29-26(33)34-14-21-19-8-3-1-6-17(19)18-7-2-4-9-20(18)21/h1-11,13,21,23H,12,14H2,(H,29,33)(H,31,32)/t23-/m1/s1. The summed E-state index contributed by atoms with van der Waals surface area (Å²) in [6.07, 6.45) is 5.78. The van der Waals surface area contributed by atoms with Gasteiger partial charge in [0.2, 0.25) is 0 Å². The molecule has 0 fully saturated rings. The maximum absolute atomic E-state index is 12.6. The summed E-state index contributed by atoms with van der Waals surface area (Å²) in [6.45, 7) is 0.0917. The lowest BCUT2D eigenvalue weighted by atomic mass is 9.92. The number of nitrogens with zero attached hydrogens (tertiary/aromatic N) is 3. The van der Waals surface area contributed by atoms with Crippen molar-refractivity contribution in [1.82, 2.24) is 5.32 Å². The van der Waals surface area contributed by atoms with E-state index in [2.05, 4.69) is 15.1 Å². The van der Waals surface area contributed by atoms with E-state index in [1.54, 1.807) is 18.2 Å². The van der Waals surface area contributed by atoms with Crippen LogP contribution in [0.2, 0.25) is 0 Å². The number of alkyl carbamates (subject to hydrolysis) is 1. The molecule has 0 radical (unpaired) electrons. The first-order valence-corrected chi connectivity index (χ1v) is 10.8. The van der Waals surface area contributed by atoms with Gasteiger partial charge in [-0.1, -0.05) is 60.7 Å². The van der Waals surface area contributed by atoms with E-state index >= 15 is 0 Å². The number of hydrogen-bond donors (Lipinski definition) is 2. The highest BCUT2D eigenvalue weighted by Crippen LogP contribution is 2.44. The zero-order valence-electron chi connectivity index (χ0n) is 18.0. The van der Waals surface area contributed by atoms with Crippen molar-refractivity contribution in [1.29, 1.82) is 0 Å². The molecule has 0 saturated heterocycles. The first-order chi connectivity index (χ1) is 16.6. The minimum atomic E-state index is -1.21. The van der Waals surface area contributed by atoms with Crippen LogP contribution >= 0.6 is 0 Å². The van der Waals surface area contributed by atoms with Crippen molar-refractivity contribution >= 4 is 23.5 Å². The number of aliphatic carboxylic acids is 1. The number of hydrogen-bond acceptors (Lipinski definition) is 4. The minimum absolute atomic E-state index is 0.00487. The van der Waals surface area contributed by atoms with E-state index in [0.29, 0.717) is 22.6 Å². The number of fused-ring (bicyclic) bond motifs is 4. The molecular formula is C26H20N4O4. The van der Waals surface area contributed by atoms with E-state index in [0.717, 1.165) is 22.3 Å². The van der Waals surface area contributed by atoms with Crippen LogP contribution in [0.25, 0.3) is 16.7 Å². The molecule has 8 heteroatoms. The fraction of sp³-hybridized carbons (Fsp3) is 0.154. The zero-order valence-corrected chi connectivity index (χ0v) is 18.0. The number of aliphatic imine (C=N–C) groups is 1. The van der Waals surface area contributed by atoms with Crippen LogP contribution in [-0.4, -0.2) is 46.0 Å². The Morgan fingerprint density at radius 1 is 1.12 bits per heavy atom. The smallest absolute Gasteiger partial charge is 0.407 e. The monoisotopic (exact) mass is 452 g/mol. The molecule has 0 bridgehead atoms. The van der Waals surface area contributed by atoms with Gasteiger partial charge in [0.05, 0.1) is 0 Å². The summed E-state index contributed by atoms with van der Waals surface area (Å²) in [6, 6.07) is 14.8. The highest BCUT2D eigenvalue weighted by atomic mass is 16.5. The van der Waals surface area contributed by atoms with Gasteiger partial charge in [0.15, 0.2) is 5.71 Å². The van der Waals surface area contributed by atoms with Crippen molar-refractivity contribution in [3.63, 3.8) is 0 Å². The SMILES string of the molecule is [N-]=[N+]=C1C=CC=C2C(C[C@@H](NC(=O)OCC3c4ccccc4-c4ccccc43)C(=O)O)=CN=C21. The highest BCUT2D eigenvalue weighted by molar-refractivity contribution is 6.52. The Morgan fingerprint density at radius 2 is 1.79 bits per heavy atom. The van der Waals surface area contributed by atoms with Gasteiger partial charge >= 0.3 is 17.8 Å². The van der Waals surface area contributed by atoms with Crippen molar-refractivity contribution in [3.05, 3.63) is 101 Å². The van der Waals surface area contributed by atoms with E-state index in [1.807, 2.05) is 48.5 Å². The number of allylic oxidation sites excluding steroid dienone is 4. The van der Waals surface area contributed by atoms with Crippen molar-refractivity contribution in [3.8, 4) is 11.1 Å². The number of rotatable bonds is 6. The summed E-state index contributed by atoms with van der Waals surface area (Å²) >= 11 is 0. The first kappa shape index (κ1) is 21.3. The van der Waals surface area contributed by atoms with Crippen LogP contribution in [0.1, 0.15) is 23.5 Å². The first-order valence-electron chi connectivity index (χ1n) is 10.8. The molecule has 0 unspecified atom stereocenters. The number of carbonyl (C=O) groups excluding carboxylic acids is 1. The van der Waals surface area contributed by atoms with Gasteiger partial charge in [-0.15, -0.1) is 0 Å². The van der Waals surface area contributed by atoms with Gasteiger partial charge in [0.25, 0.3) is 0 Å². The molecule has 2 aromatic carbocycles. The third-order valence-electron chi connectivity index (χ3n) is 6.18. The van der Waals surface area contributed by atoms with E-state index < -0.39 is 18.1 Å². The van der Waals surface area contributed by atoms with Crippen molar-refractivity contribution < 1.29 is 24.2 Å². The molecule has 1 amide bonds. The number of ether oxygens (including phenoxy) is 1. The van der Waals surface area contributed by atoms with Gasteiger partial charge < -0.3 is 20.7 Å². The van der Waals surface area contributed by atoms with Crippen LogP contribution in [0.5, 0.6) is 0 Å². The molecule has 1 atom stereocenters. The second-order valence-electron chi connectivity index (χ2n) is 8.12. The normalized spacial score (nSPS) is 16.4. The van der Waals surface area contributed by atoms with Gasteiger partial charge in [-0.05, 0) is 27.8 Å². The van der Waals surface area contributed by atoms with E-state index in [-0.39, 0.29) is 18.9 Å². The third kappa shape index (κ3) is 3.76. The molecular weight excluding hydrogens is 432 g/mol. The lowest BCUT2D eigenvalue weighted by molar-refractivity contribution is -0.139. The largest absolute Gasteiger partial charge is 0.480 e. The van der Waals surface area contributed by atoms with Crippen LogP contribution in [0.4, 0.5) is 4.79 Å². The second kappa shape index (κ2) is 8.77. The highest BCUT2D eigenvalue weighted by Gasteiger charge is 2.32. The summed E-state index contributed by atoms with van der Waals surface area (Å²) in [5.74, 6) is -1.31. The molecule has 168 valence electrons. The average Bonchev–Trinajstić information content (AvgIpc) is 3.41. The number of nitrogens with one attached hydrogen (secondary N) is 1. The molecule has 2 aromatic rings. The summed E-state index contributed by atoms with van der Waals surface area (Å²) in [5, 5.41) is 12.1. The lowest BCUT2D eigenvalue weighted by Gasteiger charge is -2.18. The molecule has 2 aliphatic carbocycles. The van der Waals surface area contributed by atoms with Crippen molar-refractivity contribution in [2.24, 2.45) is 4.99 Å². The predicted molar refractivity (Wildman–Crippen MR) is 126 cm³/mol. The van der Waals surface area contributed by atoms with Gasteiger partial charge in [-0.2, -0.15) is 4.79 Å². The van der Waals surface area contributed by atoms with Gasteiger partial charge in [0, 0.05) is 30.2 Å². The second-order valence-corrected chi connectivity index (χ2v) is 8.12. The summed E-state index contributed by atoms with van der Waals surface area (Å²) in [7, 11) is 0. The fourth-order valence-corrected chi connectivity index (χ4v) is 4.58. The van der Waals surface area contributed by atoms with Gasteiger partial charge in [-0.25, -0.2) is 14.6 Å². The summed E-state index contributed by atoms with van der Waals surface area (Å²) in [5.41, 5.74) is 15.5. The molecule has 0 saturated carbocycles. The van der Waals surface area contributed by atoms with E-state index in [9.17, 15) is 14.7 Å². The number of benzene rings is 2. The van der Waals surface area contributed by atoms with Gasteiger partial charge in [0.1, 0.15) is 12.6 Å². The third-order valence-corrected chi connectivity index (χ3v) is 6.18. The Kier molecular flexibility index (Phi) is 5.49. The van der Waals surface area contributed by atoms with Gasteiger partial charge in [-0.3, -0.25) is 0 Å². The fourth-order valence-electron chi connectivity index (χ4n) is 4.58. The summed E-state index contributed by atoms with van der Waals surface area (Å²) in [4.78, 5) is 31.9. The Labute approximate surface area is 195 Å². The Morgan fingerprint density at radius 3 is 2.44 bits per heavy atom. The maximum Gasteiger partial charge on any atom is 0.407 e. The quantitative estimate of drug-likeness (QED) is 0.392. The maximum atomic E-state index is 12.6. The number of amides is 1. The molecule has 34 heavy (non-hydrogen) atoms. The number of carboxylic acids is 1. The summed E-state index contributed by atoms with van der Waals surface area (Å²) < 4.78 is 5.49. The Balaban J connectivity index is 1.25. The predicted octanol–water partition coefficient (Wildman–Crippen LogP) is 3.87. The topological polar surface area (TPSA) is 124 Å². The molecule has 8 nitrogen and oxygen atoms in total. The van der Waals surface area contributed by atoms with Crippen LogP contribution in [0.3, 0.4) is 0 Å². The van der Waals surface area contributed by atoms with E-state index in [1.165, 1.54) is 6.20 Å². The molecule has 5 rings (SSSR count).